The number of rotatable bonds is 5. The van der Waals surface area contributed by atoms with Gasteiger partial charge in [-0.2, -0.15) is 13.2 Å². The van der Waals surface area contributed by atoms with Crippen LogP contribution in [0.3, 0.4) is 0 Å². The summed E-state index contributed by atoms with van der Waals surface area (Å²) in [6, 6.07) is 1.56. The fraction of sp³-hybridized carbons (Fsp3) is 0.545. The van der Waals surface area contributed by atoms with Crippen LogP contribution in [-0.4, -0.2) is 16.5 Å². The molecule has 0 radical (unpaired) electrons. The summed E-state index contributed by atoms with van der Waals surface area (Å²) in [6.45, 7) is 1.75. The van der Waals surface area contributed by atoms with Crippen molar-refractivity contribution in [2.24, 2.45) is 0 Å². The maximum atomic E-state index is 11.9. The minimum absolute atomic E-state index is 0.0201. The van der Waals surface area contributed by atoms with Crippen LogP contribution in [0.1, 0.15) is 36.5 Å². The average molecular weight is 233 g/mol. The lowest BCUT2D eigenvalue weighted by Gasteiger charge is -2.06. The summed E-state index contributed by atoms with van der Waals surface area (Å²) in [5.74, 6) is -0.0201. The summed E-state index contributed by atoms with van der Waals surface area (Å²) in [5, 5.41) is 0. The molecule has 0 fully saturated rings. The van der Waals surface area contributed by atoms with Crippen LogP contribution >= 0.6 is 0 Å². The Morgan fingerprint density at radius 3 is 2.69 bits per heavy atom. The summed E-state index contributed by atoms with van der Waals surface area (Å²) in [6.07, 6.45) is -0.866. The van der Waals surface area contributed by atoms with Crippen molar-refractivity contribution in [3.63, 3.8) is 0 Å². The number of Topliss-reactive ketones (excluding diaryl/α,β-unsaturated/α-hetero) is 1. The van der Waals surface area contributed by atoms with Gasteiger partial charge in [-0.25, -0.2) is 0 Å². The zero-order valence-electron chi connectivity index (χ0n) is 9.05. The molecule has 5 heteroatoms. The predicted molar refractivity (Wildman–Crippen MR) is 54.3 cm³/mol. The molecule has 2 nitrogen and oxygen atoms in total. The number of nitrogens with zero attached hydrogens (tertiary/aromatic N) is 1. The molecule has 90 valence electrons. The summed E-state index contributed by atoms with van der Waals surface area (Å²) in [4.78, 5) is 11.4. The first-order valence-corrected chi connectivity index (χ1v) is 5.18. The Morgan fingerprint density at radius 1 is 1.44 bits per heavy atom. The molecule has 0 unspecified atom stereocenters. The standard InChI is InChI=1S/C11H14F3NO/c1-2-3-10(16)9-4-6-15(8-9)7-5-11(12,13)14/h4,6,8H,2-3,5,7H2,1H3. The van der Waals surface area contributed by atoms with Crippen molar-refractivity contribution >= 4 is 5.78 Å². The van der Waals surface area contributed by atoms with Gasteiger partial charge in [-0.05, 0) is 12.5 Å². The van der Waals surface area contributed by atoms with Crippen LogP contribution in [0.2, 0.25) is 0 Å². The minimum Gasteiger partial charge on any atom is -0.353 e. The van der Waals surface area contributed by atoms with E-state index in [-0.39, 0.29) is 12.3 Å². The third-order valence-electron chi connectivity index (χ3n) is 2.20. The van der Waals surface area contributed by atoms with Gasteiger partial charge in [0.15, 0.2) is 5.78 Å². The minimum atomic E-state index is -4.15. The van der Waals surface area contributed by atoms with Crippen LogP contribution in [0.25, 0.3) is 0 Å². The van der Waals surface area contributed by atoms with Crippen LogP contribution in [-0.2, 0) is 6.54 Å². The van der Waals surface area contributed by atoms with E-state index in [1.807, 2.05) is 6.92 Å². The second-order valence-corrected chi connectivity index (χ2v) is 3.68. The molecule has 16 heavy (non-hydrogen) atoms. The number of alkyl halides is 3. The Hall–Kier alpha value is -1.26. The van der Waals surface area contributed by atoms with Gasteiger partial charge in [-0.15, -0.1) is 0 Å². The number of carbonyl (C=O) groups excluding carboxylic acids is 1. The summed E-state index contributed by atoms with van der Waals surface area (Å²) >= 11 is 0. The van der Waals surface area contributed by atoms with Crippen LogP contribution in [0.5, 0.6) is 0 Å². The van der Waals surface area contributed by atoms with Gasteiger partial charge in [0, 0.05) is 30.9 Å². The largest absolute Gasteiger partial charge is 0.390 e. The van der Waals surface area contributed by atoms with Crippen molar-refractivity contribution in [2.45, 2.75) is 38.9 Å². The van der Waals surface area contributed by atoms with Crippen LogP contribution in [0, 0.1) is 0 Å². The van der Waals surface area contributed by atoms with Crippen LogP contribution < -0.4 is 0 Å². The van der Waals surface area contributed by atoms with Gasteiger partial charge in [-0.3, -0.25) is 4.79 Å². The third kappa shape index (κ3) is 4.08. The van der Waals surface area contributed by atoms with Crippen molar-refractivity contribution in [2.75, 3.05) is 0 Å². The molecule has 1 rings (SSSR count). The summed E-state index contributed by atoms with van der Waals surface area (Å²) in [7, 11) is 0. The lowest BCUT2D eigenvalue weighted by Crippen LogP contribution is -2.11. The zero-order chi connectivity index (χ0) is 12.2. The zero-order valence-corrected chi connectivity index (χ0v) is 9.05. The van der Waals surface area contributed by atoms with Crippen molar-refractivity contribution in [1.29, 1.82) is 0 Å². The van der Waals surface area contributed by atoms with Gasteiger partial charge >= 0.3 is 6.18 Å². The molecule has 0 aliphatic carbocycles. The molecule has 0 aliphatic heterocycles. The van der Waals surface area contributed by atoms with Gasteiger partial charge in [0.1, 0.15) is 0 Å². The molecule has 0 spiro atoms. The maximum Gasteiger partial charge on any atom is 0.390 e. The Morgan fingerprint density at radius 2 is 2.12 bits per heavy atom. The van der Waals surface area contributed by atoms with E-state index in [1.54, 1.807) is 6.07 Å². The van der Waals surface area contributed by atoms with E-state index < -0.39 is 12.6 Å². The number of aromatic nitrogens is 1. The Balaban J connectivity index is 2.55. The molecule has 0 aliphatic rings. The highest BCUT2D eigenvalue weighted by Crippen LogP contribution is 2.20. The van der Waals surface area contributed by atoms with E-state index in [0.717, 1.165) is 6.42 Å². The highest BCUT2D eigenvalue weighted by molar-refractivity contribution is 5.95. The fourth-order valence-electron chi connectivity index (χ4n) is 1.37. The van der Waals surface area contributed by atoms with E-state index >= 15 is 0 Å². The fourth-order valence-corrected chi connectivity index (χ4v) is 1.37. The second kappa shape index (κ2) is 5.18. The second-order valence-electron chi connectivity index (χ2n) is 3.68. The number of halogens is 3. The lowest BCUT2D eigenvalue weighted by atomic mass is 10.1. The van der Waals surface area contributed by atoms with Gasteiger partial charge < -0.3 is 4.57 Å². The molecule has 0 amide bonds. The smallest absolute Gasteiger partial charge is 0.353 e. The highest BCUT2D eigenvalue weighted by atomic mass is 19.4. The predicted octanol–water partition coefficient (Wildman–Crippen LogP) is 3.42. The number of aryl methyl sites for hydroxylation is 1. The molecule has 0 saturated heterocycles. The quantitative estimate of drug-likeness (QED) is 0.714. The van der Waals surface area contributed by atoms with Gasteiger partial charge in [0.25, 0.3) is 0 Å². The normalized spacial score (nSPS) is 11.8. The Kier molecular flexibility index (Phi) is 4.15. The Bertz CT molecular complexity index is 354. The molecular weight excluding hydrogens is 219 g/mol. The molecule has 1 aromatic heterocycles. The molecule has 0 bridgehead atoms. The van der Waals surface area contributed by atoms with Crippen molar-refractivity contribution in [3.05, 3.63) is 24.0 Å². The van der Waals surface area contributed by atoms with E-state index in [2.05, 4.69) is 0 Å². The number of hydrogen-bond donors (Lipinski definition) is 0. The third-order valence-corrected chi connectivity index (χ3v) is 2.20. The van der Waals surface area contributed by atoms with Crippen LogP contribution in [0.15, 0.2) is 18.5 Å². The summed E-state index contributed by atoms with van der Waals surface area (Å²) < 4.78 is 37.2. The molecule has 0 aromatic carbocycles. The SMILES string of the molecule is CCCC(=O)c1ccn(CCC(F)(F)F)c1. The van der Waals surface area contributed by atoms with E-state index in [1.165, 1.54) is 17.0 Å². The molecule has 0 saturated carbocycles. The first-order valence-electron chi connectivity index (χ1n) is 5.18. The van der Waals surface area contributed by atoms with Crippen LogP contribution in [0.4, 0.5) is 13.2 Å². The molecular formula is C11H14F3NO. The van der Waals surface area contributed by atoms with E-state index in [4.69, 9.17) is 0 Å². The highest BCUT2D eigenvalue weighted by Gasteiger charge is 2.26. The van der Waals surface area contributed by atoms with Gasteiger partial charge in [0.2, 0.25) is 0 Å². The monoisotopic (exact) mass is 233 g/mol. The first-order chi connectivity index (χ1) is 7.42. The molecule has 0 N–H and O–H groups in total. The van der Waals surface area contributed by atoms with Crippen molar-refractivity contribution in [1.82, 2.24) is 4.57 Å². The Labute approximate surface area is 92.1 Å². The van der Waals surface area contributed by atoms with Crippen molar-refractivity contribution in [3.8, 4) is 0 Å². The topological polar surface area (TPSA) is 22.0 Å². The van der Waals surface area contributed by atoms with Gasteiger partial charge in [0.05, 0.1) is 6.42 Å². The van der Waals surface area contributed by atoms with Gasteiger partial charge in [-0.1, -0.05) is 6.92 Å². The first kappa shape index (κ1) is 12.8. The molecule has 1 aromatic rings. The number of hydrogen-bond acceptors (Lipinski definition) is 1. The average Bonchev–Trinajstić information content (AvgIpc) is 2.62. The maximum absolute atomic E-state index is 11.9. The van der Waals surface area contributed by atoms with E-state index in [9.17, 15) is 18.0 Å². The molecule has 0 atom stereocenters. The number of ketones is 1. The van der Waals surface area contributed by atoms with Crippen molar-refractivity contribution < 1.29 is 18.0 Å². The van der Waals surface area contributed by atoms with E-state index in [0.29, 0.717) is 12.0 Å². The number of carbonyl (C=O) groups is 1. The molecule has 1 heterocycles. The lowest BCUT2D eigenvalue weighted by molar-refractivity contribution is -0.136. The summed E-state index contributed by atoms with van der Waals surface area (Å²) in [5.41, 5.74) is 0.490.